The van der Waals surface area contributed by atoms with Crippen LogP contribution >= 0.6 is 7.82 Å². The lowest BCUT2D eigenvalue weighted by Gasteiger charge is -2.24. The van der Waals surface area contributed by atoms with Crippen molar-refractivity contribution in [2.45, 2.75) is 200 Å². The van der Waals surface area contributed by atoms with E-state index in [9.17, 15) is 19.0 Å². The molecule has 1 N–H and O–H groups in total. The largest absolute Gasteiger partial charge is 0.472 e. The van der Waals surface area contributed by atoms with E-state index >= 15 is 0 Å². The maximum absolute atomic E-state index is 12.8. The summed E-state index contributed by atoms with van der Waals surface area (Å²) in [6.07, 6.45) is 75.1. The van der Waals surface area contributed by atoms with Crippen LogP contribution in [0.2, 0.25) is 0 Å². The quantitative estimate of drug-likeness (QED) is 0.0211. The molecule has 2 atom stereocenters. The molecular weight excluding hydrogens is 918 g/mol. The molecule has 0 saturated carbocycles. The van der Waals surface area contributed by atoms with E-state index in [2.05, 4.69) is 148 Å². The van der Waals surface area contributed by atoms with Crippen molar-refractivity contribution in [2.24, 2.45) is 0 Å². The van der Waals surface area contributed by atoms with Gasteiger partial charge in [0.2, 0.25) is 0 Å². The maximum atomic E-state index is 12.8. The van der Waals surface area contributed by atoms with E-state index in [4.69, 9.17) is 18.5 Å². The number of nitrogens with zero attached hydrogens (tertiary/aromatic N) is 1. The zero-order valence-corrected chi connectivity index (χ0v) is 47.0. The zero-order chi connectivity index (χ0) is 52.7. The molecule has 0 aliphatic carbocycles. The second-order valence-corrected chi connectivity index (χ2v) is 20.7. The first kappa shape index (κ1) is 68.2. The Morgan fingerprint density at radius 3 is 1.12 bits per heavy atom. The van der Waals surface area contributed by atoms with Gasteiger partial charge in [0.05, 0.1) is 27.7 Å². The van der Waals surface area contributed by atoms with Gasteiger partial charge in [0.25, 0.3) is 0 Å². The van der Waals surface area contributed by atoms with Crippen LogP contribution in [0.15, 0.2) is 134 Å². The van der Waals surface area contributed by atoms with Crippen LogP contribution in [0.3, 0.4) is 0 Å². The molecule has 408 valence electrons. The first-order chi connectivity index (χ1) is 35.0. The molecule has 0 heterocycles. The monoisotopic (exact) mass is 1020 g/mol. The first-order valence-corrected chi connectivity index (χ1v) is 29.4. The van der Waals surface area contributed by atoms with Crippen molar-refractivity contribution in [3.05, 3.63) is 134 Å². The Balaban J connectivity index is 4.32. The molecule has 0 aliphatic rings. The Labute approximate surface area is 441 Å². The van der Waals surface area contributed by atoms with E-state index < -0.39 is 26.5 Å². The highest BCUT2D eigenvalue weighted by Crippen LogP contribution is 2.43. The minimum Gasteiger partial charge on any atom is -0.462 e. The Morgan fingerprint density at radius 2 is 0.750 bits per heavy atom. The number of carbonyl (C=O) groups excluding carboxylic acids is 2. The molecule has 0 spiro atoms. The van der Waals surface area contributed by atoms with Crippen molar-refractivity contribution in [2.75, 3.05) is 47.5 Å². The molecule has 2 unspecified atom stereocenters. The van der Waals surface area contributed by atoms with Gasteiger partial charge in [0, 0.05) is 12.8 Å². The van der Waals surface area contributed by atoms with Crippen molar-refractivity contribution in [1.82, 2.24) is 0 Å². The number of esters is 2. The molecule has 0 aromatic rings. The average molecular weight is 1020 g/mol. The number of phosphoric acid groups is 1. The van der Waals surface area contributed by atoms with Crippen molar-refractivity contribution < 1.29 is 42.1 Å². The first-order valence-electron chi connectivity index (χ1n) is 27.9. The predicted molar refractivity (Wildman–Crippen MR) is 307 cm³/mol. The number of quaternary nitrogens is 1. The molecular formula is C62H103NO8P+. The zero-order valence-electron chi connectivity index (χ0n) is 46.1. The number of allylic oxidation sites excluding steroid dienone is 22. The van der Waals surface area contributed by atoms with Gasteiger partial charge in [-0.2, -0.15) is 0 Å². The molecule has 0 bridgehead atoms. The molecule has 0 radical (unpaired) electrons. The molecule has 0 aromatic heterocycles. The Hall–Kier alpha value is -3.85. The summed E-state index contributed by atoms with van der Waals surface area (Å²) in [7, 11) is 1.43. The summed E-state index contributed by atoms with van der Waals surface area (Å²) < 4.78 is 34.5. The summed E-state index contributed by atoms with van der Waals surface area (Å²) in [4.78, 5) is 35.7. The Kier molecular flexibility index (Phi) is 49.2. The van der Waals surface area contributed by atoms with E-state index in [-0.39, 0.29) is 32.0 Å². The van der Waals surface area contributed by atoms with Gasteiger partial charge in [-0.25, -0.2) is 4.57 Å². The standard InChI is InChI=1S/C62H102NO8P/c1-6-8-10-12-14-16-18-20-22-24-26-28-30-31-33-35-37-39-41-43-45-47-49-51-53-55-62(65)71-60(59-70-72(66,67)69-57-56-63(3,4)5)58-68-61(64)54-52-50-48-46-44-42-40-38-36-34-32-29-27-25-23-21-19-17-15-13-11-9-7-2/h8-11,14-17,20-23,26-29,31,33,37,39,43,45,60H,6-7,12-13,18-19,24-25,30,32,34-36,38,40-42,44,46-59H2,1-5H3/p+1/b10-8-,11-9-,16-14-,17-15-,22-20-,23-21-,28-26-,29-27-,33-31-,39-37-,45-43-. The molecule has 0 aromatic carbocycles. The second kappa shape index (κ2) is 52.0. The molecule has 9 nitrogen and oxygen atoms in total. The maximum Gasteiger partial charge on any atom is 0.472 e. The minimum absolute atomic E-state index is 0.0160. The summed E-state index contributed by atoms with van der Waals surface area (Å²) in [6, 6.07) is 0. The third-order valence-electron chi connectivity index (χ3n) is 11.2. The van der Waals surface area contributed by atoms with Crippen LogP contribution in [-0.4, -0.2) is 74.9 Å². The van der Waals surface area contributed by atoms with Crippen LogP contribution in [0.1, 0.15) is 194 Å². The summed E-state index contributed by atoms with van der Waals surface area (Å²) in [6.45, 7) is 4.14. The number of ether oxygens (including phenoxy) is 2. The lowest BCUT2D eigenvalue weighted by molar-refractivity contribution is -0.870. The van der Waals surface area contributed by atoms with Crippen molar-refractivity contribution in [3.8, 4) is 0 Å². The molecule has 72 heavy (non-hydrogen) atoms. The summed E-state index contributed by atoms with van der Waals surface area (Å²) in [5.74, 6) is -0.852. The number of carbonyl (C=O) groups is 2. The number of hydrogen-bond acceptors (Lipinski definition) is 7. The number of hydrogen-bond donors (Lipinski definition) is 1. The van der Waals surface area contributed by atoms with Crippen molar-refractivity contribution in [1.29, 1.82) is 0 Å². The highest BCUT2D eigenvalue weighted by atomic mass is 31.2. The lowest BCUT2D eigenvalue weighted by atomic mass is 10.1. The normalized spacial score (nSPS) is 14.4. The number of phosphoric ester groups is 1. The molecule has 0 saturated heterocycles. The second-order valence-electron chi connectivity index (χ2n) is 19.2. The average Bonchev–Trinajstić information content (AvgIpc) is 3.34. The van der Waals surface area contributed by atoms with E-state index in [0.717, 1.165) is 122 Å². The number of rotatable bonds is 49. The van der Waals surface area contributed by atoms with Gasteiger partial charge < -0.3 is 18.9 Å². The van der Waals surface area contributed by atoms with Gasteiger partial charge >= 0.3 is 19.8 Å². The molecule has 10 heteroatoms. The van der Waals surface area contributed by atoms with Crippen LogP contribution in [0.4, 0.5) is 0 Å². The fourth-order valence-corrected chi connectivity index (χ4v) is 7.67. The van der Waals surface area contributed by atoms with Gasteiger partial charge in [0.1, 0.15) is 19.8 Å². The molecule has 0 amide bonds. The SMILES string of the molecule is CC/C=C\C/C=C\C/C=C\C/C=C\C/C=C\C/C=C\C/C=C\CCCCCC(=O)OC(COC(=O)CCCCCCCCCCCC/C=C\C/C=C\C/C=C\C/C=C\CC)COP(=O)(O)OCC[N+](C)(C)C. The van der Waals surface area contributed by atoms with Gasteiger partial charge in [-0.3, -0.25) is 18.6 Å². The topological polar surface area (TPSA) is 108 Å². The van der Waals surface area contributed by atoms with Crippen LogP contribution in [0.25, 0.3) is 0 Å². The van der Waals surface area contributed by atoms with Crippen molar-refractivity contribution in [3.63, 3.8) is 0 Å². The Morgan fingerprint density at radius 1 is 0.431 bits per heavy atom. The third kappa shape index (κ3) is 55.5. The predicted octanol–water partition coefficient (Wildman–Crippen LogP) is 17.4. The van der Waals surface area contributed by atoms with E-state index in [1.54, 1.807) is 0 Å². The van der Waals surface area contributed by atoms with Crippen LogP contribution < -0.4 is 0 Å². The summed E-state index contributed by atoms with van der Waals surface area (Å²) in [5.41, 5.74) is 0. The minimum atomic E-state index is -4.41. The van der Waals surface area contributed by atoms with Gasteiger partial charge in [0.15, 0.2) is 6.10 Å². The smallest absolute Gasteiger partial charge is 0.462 e. The van der Waals surface area contributed by atoms with E-state index in [0.29, 0.717) is 17.4 Å². The van der Waals surface area contributed by atoms with Gasteiger partial charge in [-0.05, 0) is 109 Å². The van der Waals surface area contributed by atoms with Crippen LogP contribution in [-0.2, 0) is 32.7 Å². The molecule has 0 rings (SSSR count). The summed E-state index contributed by atoms with van der Waals surface area (Å²) in [5, 5.41) is 0. The van der Waals surface area contributed by atoms with Crippen molar-refractivity contribution >= 4 is 19.8 Å². The van der Waals surface area contributed by atoms with Gasteiger partial charge in [-0.15, -0.1) is 0 Å². The highest BCUT2D eigenvalue weighted by molar-refractivity contribution is 7.47. The molecule has 0 fully saturated rings. The third-order valence-corrected chi connectivity index (χ3v) is 12.2. The highest BCUT2D eigenvalue weighted by Gasteiger charge is 2.27. The number of likely N-dealkylation sites (N-methyl/N-ethyl adjacent to an activating group) is 1. The lowest BCUT2D eigenvalue weighted by Crippen LogP contribution is -2.37. The summed E-state index contributed by atoms with van der Waals surface area (Å²) >= 11 is 0. The molecule has 0 aliphatic heterocycles. The fraction of sp³-hybridized carbons (Fsp3) is 0.613. The van der Waals surface area contributed by atoms with Crippen LogP contribution in [0.5, 0.6) is 0 Å². The van der Waals surface area contributed by atoms with E-state index in [1.807, 2.05) is 21.1 Å². The Bertz CT molecular complexity index is 1670. The van der Waals surface area contributed by atoms with Crippen LogP contribution in [0, 0.1) is 0 Å². The fourth-order valence-electron chi connectivity index (χ4n) is 6.93. The van der Waals surface area contributed by atoms with E-state index in [1.165, 1.54) is 38.5 Å². The van der Waals surface area contributed by atoms with Gasteiger partial charge in [-0.1, -0.05) is 205 Å². The number of unbranched alkanes of at least 4 members (excludes halogenated alkanes) is 13.